The van der Waals surface area contributed by atoms with Gasteiger partial charge in [0.15, 0.2) is 0 Å². The fourth-order valence-electron chi connectivity index (χ4n) is 2.47. The molecule has 1 fully saturated rings. The van der Waals surface area contributed by atoms with Crippen LogP contribution in [-0.4, -0.2) is 26.4 Å². The Hall–Kier alpha value is -1.42. The van der Waals surface area contributed by atoms with E-state index in [2.05, 4.69) is 5.32 Å². The quantitative estimate of drug-likeness (QED) is 0.612. The Morgan fingerprint density at radius 1 is 1.26 bits per heavy atom. The fourth-order valence-corrected chi connectivity index (χ4v) is 2.47. The number of nitrogen functional groups attached to an aromatic ring is 1. The van der Waals surface area contributed by atoms with Crippen LogP contribution in [0, 0.1) is 0 Å². The van der Waals surface area contributed by atoms with Gasteiger partial charge >= 0.3 is 0 Å². The van der Waals surface area contributed by atoms with E-state index < -0.39 is 0 Å². The van der Waals surface area contributed by atoms with Gasteiger partial charge in [-0.05, 0) is 25.0 Å². The maximum atomic E-state index is 5.87. The van der Waals surface area contributed by atoms with Gasteiger partial charge in [-0.15, -0.1) is 0 Å². The Morgan fingerprint density at radius 2 is 2.05 bits per heavy atom. The first kappa shape index (κ1) is 14.0. The highest BCUT2D eigenvalue weighted by Gasteiger charge is 2.12. The van der Waals surface area contributed by atoms with Gasteiger partial charge in [-0.2, -0.15) is 0 Å². The highest BCUT2D eigenvalue weighted by molar-refractivity contribution is 5.61. The molecule has 0 bridgehead atoms. The summed E-state index contributed by atoms with van der Waals surface area (Å²) in [4.78, 5) is 0. The van der Waals surface area contributed by atoms with Crippen molar-refractivity contribution in [2.24, 2.45) is 0 Å². The zero-order chi connectivity index (χ0) is 13.5. The van der Waals surface area contributed by atoms with Crippen molar-refractivity contribution in [3.8, 4) is 5.75 Å². The molecular formula is C15H24N2O2. The molecule has 0 saturated heterocycles. The third-order valence-electron chi connectivity index (χ3n) is 3.57. The minimum absolute atomic E-state index is 0.469. The average Bonchev–Trinajstić information content (AvgIpc) is 2.46. The van der Waals surface area contributed by atoms with Crippen molar-refractivity contribution >= 4 is 11.4 Å². The summed E-state index contributed by atoms with van der Waals surface area (Å²) in [5.74, 6) is 0.707. The summed E-state index contributed by atoms with van der Waals surface area (Å²) in [5.41, 5.74) is 7.45. The Labute approximate surface area is 115 Å². The molecule has 1 aromatic rings. The van der Waals surface area contributed by atoms with Crippen LogP contribution in [0.2, 0.25) is 0 Å². The number of nitrogens with two attached hydrogens (primary N) is 1. The number of methoxy groups -OCH3 is 1. The number of hydrogen-bond acceptors (Lipinski definition) is 4. The van der Waals surface area contributed by atoms with Crippen molar-refractivity contribution in [3.63, 3.8) is 0 Å². The van der Waals surface area contributed by atoms with Crippen molar-refractivity contribution < 1.29 is 9.47 Å². The van der Waals surface area contributed by atoms with Gasteiger partial charge in [0, 0.05) is 18.3 Å². The first-order valence-corrected chi connectivity index (χ1v) is 7.08. The molecule has 0 aliphatic heterocycles. The number of nitrogens with one attached hydrogen (secondary N) is 1. The van der Waals surface area contributed by atoms with Gasteiger partial charge in [0.2, 0.25) is 0 Å². The summed E-state index contributed by atoms with van der Waals surface area (Å²) < 4.78 is 11.1. The van der Waals surface area contributed by atoms with E-state index in [9.17, 15) is 0 Å². The van der Waals surface area contributed by atoms with Crippen LogP contribution in [0.25, 0.3) is 0 Å². The predicted molar refractivity (Wildman–Crippen MR) is 78.7 cm³/mol. The molecule has 0 atom stereocenters. The van der Waals surface area contributed by atoms with Crippen LogP contribution >= 0.6 is 0 Å². The Kier molecular flexibility index (Phi) is 5.33. The minimum Gasteiger partial charge on any atom is -0.495 e. The van der Waals surface area contributed by atoms with Crippen molar-refractivity contribution in [2.45, 2.75) is 38.2 Å². The van der Waals surface area contributed by atoms with Crippen LogP contribution in [0.5, 0.6) is 5.75 Å². The smallest absolute Gasteiger partial charge is 0.143 e. The summed E-state index contributed by atoms with van der Waals surface area (Å²) in [5, 5.41) is 3.33. The molecule has 0 unspecified atom stereocenters. The second kappa shape index (κ2) is 7.24. The summed E-state index contributed by atoms with van der Waals surface area (Å²) in [6.07, 6.45) is 6.89. The topological polar surface area (TPSA) is 56.5 Å². The first-order chi connectivity index (χ1) is 9.29. The van der Waals surface area contributed by atoms with Gasteiger partial charge in [-0.25, -0.2) is 0 Å². The largest absolute Gasteiger partial charge is 0.495 e. The number of ether oxygens (including phenoxy) is 2. The maximum absolute atomic E-state index is 5.87. The van der Waals surface area contributed by atoms with E-state index in [1.165, 1.54) is 32.1 Å². The van der Waals surface area contributed by atoms with Crippen LogP contribution in [0.4, 0.5) is 11.4 Å². The number of rotatable bonds is 6. The van der Waals surface area contributed by atoms with Gasteiger partial charge < -0.3 is 20.5 Å². The molecule has 0 aromatic heterocycles. The normalized spacial score (nSPS) is 16.3. The highest BCUT2D eigenvalue weighted by atomic mass is 16.5. The van der Waals surface area contributed by atoms with E-state index in [-0.39, 0.29) is 0 Å². The average molecular weight is 264 g/mol. The molecule has 3 N–H and O–H groups in total. The van der Waals surface area contributed by atoms with Crippen molar-refractivity contribution in [3.05, 3.63) is 18.2 Å². The number of benzene rings is 1. The fraction of sp³-hybridized carbons (Fsp3) is 0.600. The third kappa shape index (κ3) is 4.31. The van der Waals surface area contributed by atoms with Crippen LogP contribution in [0.15, 0.2) is 18.2 Å². The molecule has 1 aliphatic rings. The molecule has 1 aliphatic carbocycles. The zero-order valence-electron chi connectivity index (χ0n) is 11.7. The standard InChI is InChI=1S/C15H24N2O2/c1-18-15-11-12(7-8-14(15)16)17-9-10-19-13-5-3-2-4-6-13/h7-8,11,13,17H,2-6,9-10,16H2,1H3. The lowest BCUT2D eigenvalue weighted by atomic mass is 9.98. The maximum Gasteiger partial charge on any atom is 0.143 e. The molecule has 0 amide bonds. The molecule has 1 aromatic carbocycles. The van der Waals surface area contributed by atoms with Crippen LogP contribution in [0.3, 0.4) is 0 Å². The molecule has 0 spiro atoms. The molecule has 106 valence electrons. The lowest BCUT2D eigenvalue weighted by Crippen LogP contribution is -2.20. The van der Waals surface area contributed by atoms with E-state index in [1.54, 1.807) is 7.11 Å². The molecule has 1 saturated carbocycles. The molecular weight excluding hydrogens is 240 g/mol. The summed E-state index contributed by atoms with van der Waals surface area (Å²) in [6.45, 7) is 1.56. The highest BCUT2D eigenvalue weighted by Crippen LogP contribution is 2.25. The molecule has 0 radical (unpaired) electrons. The lowest BCUT2D eigenvalue weighted by Gasteiger charge is -2.22. The second-order valence-corrected chi connectivity index (χ2v) is 5.01. The predicted octanol–water partition coefficient (Wildman–Crippen LogP) is 3.04. The van der Waals surface area contributed by atoms with E-state index in [0.29, 0.717) is 17.5 Å². The van der Waals surface area contributed by atoms with Gasteiger partial charge in [0.1, 0.15) is 5.75 Å². The van der Waals surface area contributed by atoms with E-state index in [4.69, 9.17) is 15.2 Å². The van der Waals surface area contributed by atoms with Gasteiger partial charge in [-0.3, -0.25) is 0 Å². The zero-order valence-corrected chi connectivity index (χ0v) is 11.7. The first-order valence-electron chi connectivity index (χ1n) is 7.08. The lowest BCUT2D eigenvalue weighted by molar-refractivity contribution is 0.0347. The van der Waals surface area contributed by atoms with Gasteiger partial charge in [-0.1, -0.05) is 19.3 Å². The van der Waals surface area contributed by atoms with E-state index in [0.717, 1.165) is 18.8 Å². The summed E-state index contributed by atoms with van der Waals surface area (Å²) in [6, 6.07) is 5.72. The van der Waals surface area contributed by atoms with Crippen LogP contribution in [0.1, 0.15) is 32.1 Å². The van der Waals surface area contributed by atoms with E-state index in [1.807, 2.05) is 18.2 Å². The molecule has 4 nitrogen and oxygen atoms in total. The van der Waals surface area contributed by atoms with Crippen molar-refractivity contribution in [2.75, 3.05) is 31.3 Å². The molecule has 4 heteroatoms. The Morgan fingerprint density at radius 3 is 2.79 bits per heavy atom. The van der Waals surface area contributed by atoms with Crippen LogP contribution < -0.4 is 15.8 Å². The van der Waals surface area contributed by atoms with E-state index >= 15 is 0 Å². The molecule has 2 rings (SSSR count). The monoisotopic (exact) mass is 264 g/mol. The molecule has 0 heterocycles. The SMILES string of the molecule is COc1cc(NCCOC2CCCCC2)ccc1N. The summed E-state index contributed by atoms with van der Waals surface area (Å²) >= 11 is 0. The van der Waals surface area contributed by atoms with Gasteiger partial charge in [0.25, 0.3) is 0 Å². The van der Waals surface area contributed by atoms with Crippen molar-refractivity contribution in [1.29, 1.82) is 0 Å². The number of anilines is 2. The summed E-state index contributed by atoms with van der Waals surface area (Å²) in [7, 11) is 1.63. The van der Waals surface area contributed by atoms with Gasteiger partial charge in [0.05, 0.1) is 25.5 Å². The third-order valence-corrected chi connectivity index (χ3v) is 3.57. The minimum atomic E-state index is 0.469. The van der Waals surface area contributed by atoms with Crippen molar-refractivity contribution in [1.82, 2.24) is 0 Å². The Balaban J connectivity index is 1.70. The number of hydrogen-bond donors (Lipinski definition) is 2. The molecule has 19 heavy (non-hydrogen) atoms. The Bertz CT molecular complexity index is 390. The van der Waals surface area contributed by atoms with Crippen LogP contribution in [-0.2, 0) is 4.74 Å². The second-order valence-electron chi connectivity index (χ2n) is 5.01.